The summed E-state index contributed by atoms with van der Waals surface area (Å²) in [6.45, 7) is 3.78. The highest BCUT2D eigenvalue weighted by molar-refractivity contribution is 5.93. The average molecular weight is 324 g/mol. The highest BCUT2D eigenvalue weighted by Crippen LogP contribution is 2.32. The summed E-state index contributed by atoms with van der Waals surface area (Å²) in [7, 11) is 1.92. The standard InChI is InChI=1S/C19H24N4O/c1-21-10-2-3-18(21)19(24)23-13-17(14-23)22(11-15-4-5-15)12-16-6-8-20-9-7-16/h2-3,6-10,15,17H,4-5,11-14H2,1H3. The molecule has 2 aliphatic rings. The van der Waals surface area contributed by atoms with Crippen LogP contribution in [0.1, 0.15) is 28.9 Å². The highest BCUT2D eigenvalue weighted by Gasteiger charge is 2.37. The number of pyridine rings is 1. The minimum absolute atomic E-state index is 0.147. The first-order valence-corrected chi connectivity index (χ1v) is 8.74. The fraction of sp³-hybridized carbons (Fsp3) is 0.474. The summed E-state index contributed by atoms with van der Waals surface area (Å²) in [5, 5.41) is 0. The van der Waals surface area contributed by atoms with Gasteiger partial charge in [-0.15, -0.1) is 0 Å². The maximum Gasteiger partial charge on any atom is 0.270 e. The molecule has 0 unspecified atom stereocenters. The van der Waals surface area contributed by atoms with Crippen LogP contribution in [0.15, 0.2) is 42.9 Å². The van der Waals surface area contributed by atoms with E-state index in [2.05, 4.69) is 22.0 Å². The van der Waals surface area contributed by atoms with Crippen LogP contribution in [0.3, 0.4) is 0 Å². The van der Waals surface area contributed by atoms with Crippen LogP contribution in [0.4, 0.5) is 0 Å². The van der Waals surface area contributed by atoms with E-state index < -0.39 is 0 Å². The van der Waals surface area contributed by atoms with E-state index in [0.717, 1.165) is 37.8 Å². The first-order valence-electron chi connectivity index (χ1n) is 8.74. The Balaban J connectivity index is 1.38. The molecule has 24 heavy (non-hydrogen) atoms. The lowest BCUT2D eigenvalue weighted by atomic mass is 10.0. The van der Waals surface area contributed by atoms with Gasteiger partial charge < -0.3 is 9.47 Å². The molecule has 1 saturated carbocycles. The fourth-order valence-corrected chi connectivity index (χ4v) is 3.39. The number of carbonyl (C=O) groups excluding carboxylic acids is 1. The van der Waals surface area contributed by atoms with Crippen LogP contribution in [0.2, 0.25) is 0 Å². The number of amides is 1. The molecule has 0 aromatic carbocycles. The number of carbonyl (C=O) groups is 1. The van der Waals surface area contributed by atoms with Gasteiger partial charge in [-0.05, 0) is 48.6 Å². The minimum Gasteiger partial charge on any atom is -0.347 e. The SMILES string of the molecule is Cn1cccc1C(=O)N1CC(N(Cc2ccncc2)CC2CC2)C1. The Morgan fingerprint density at radius 2 is 2.00 bits per heavy atom. The van der Waals surface area contributed by atoms with Crippen LogP contribution < -0.4 is 0 Å². The van der Waals surface area contributed by atoms with Gasteiger partial charge in [0.1, 0.15) is 5.69 Å². The molecule has 5 nitrogen and oxygen atoms in total. The molecule has 0 spiro atoms. The summed E-state index contributed by atoms with van der Waals surface area (Å²) in [4.78, 5) is 21.2. The Morgan fingerprint density at radius 3 is 2.62 bits per heavy atom. The second-order valence-corrected chi connectivity index (χ2v) is 7.10. The number of aromatic nitrogens is 2. The molecule has 1 saturated heterocycles. The summed E-state index contributed by atoms with van der Waals surface area (Å²) in [6, 6.07) is 8.47. The molecule has 1 amide bonds. The molecule has 126 valence electrons. The number of likely N-dealkylation sites (tertiary alicyclic amines) is 1. The molecule has 2 aromatic rings. The third kappa shape index (κ3) is 3.22. The van der Waals surface area contributed by atoms with Crippen LogP contribution in [0.25, 0.3) is 0 Å². The molecule has 1 aliphatic heterocycles. The largest absolute Gasteiger partial charge is 0.347 e. The van der Waals surface area contributed by atoms with Crippen molar-refractivity contribution in [3.05, 3.63) is 54.1 Å². The molecule has 4 rings (SSSR count). The van der Waals surface area contributed by atoms with Gasteiger partial charge in [0.15, 0.2) is 0 Å². The fourth-order valence-electron chi connectivity index (χ4n) is 3.39. The summed E-state index contributed by atoms with van der Waals surface area (Å²) >= 11 is 0. The van der Waals surface area contributed by atoms with E-state index in [0.29, 0.717) is 6.04 Å². The molecule has 2 fully saturated rings. The van der Waals surface area contributed by atoms with Gasteiger partial charge in [-0.3, -0.25) is 14.7 Å². The molecule has 3 heterocycles. The lowest BCUT2D eigenvalue weighted by molar-refractivity contribution is 0.0213. The molecule has 0 radical (unpaired) electrons. The Labute approximate surface area is 142 Å². The highest BCUT2D eigenvalue weighted by atomic mass is 16.2. The summed E-state index contributed by atoms with van der Waals surface area (Å²) in [5.41, 5.74) is 2.08. The molecule has 2 aromatic heterocycles. The number of nitrogens with zero attached hydrogens (tertiary/aromatic N) is 4. The Bertz CT molecular complexity index is 701. The summed E-state index contributed by atoms with van der Waals surface area (Å²) in [6.07, 6.45) is 8.34. The molecule has 5 heteroatoms. The molecule has 0 atom stereocenters. The van der Waals surface area contributed by atoms with Crippen molar-refractivity contribution < 1.29 is 4.79 Å². The van der Waals surface area contributed by atoms with Crippen LogP contribution in [-0.2, 0) is 13.6 Å². The van der Waals surface area contributed by atoms with Crippen molar-refractivity contribution in [1.82, 2.24) is 19.4 Å². The van der Waals surface area contributed by atoms with Gasteiger partial charge in [0.2, 0.25) is 0 Å². The quantitative estimate of drug-likeness (QED) is 0.818. The first kappa shape index (κ1) is 15.4. The van der Waals surface area contributed by atoms with Gasteiger partial charge in [0.25, 0.3) is 5.91 Å². The van der Waals surface area contributed by atoms with Gasteiger partial charge in [0.05, 0.1) is 0 Å². The zero-order valence-corrected chi connectivity index (χ0v) is 14.1. The predicted octanol–water partition coefficient (Wildman–Crippen LogP) is 2.16. The van der Waals surface area contributed by atoms with E-state index in [4.69, 9.17) is 0 Å². The lowest BCUT2D eigenvalue weighted by Crippen LogP contribution is -2.61. The van der Waals surface area contributed by atoms with E-state index in [1.165, 1.54) is 18.4 Å². The maximum atomic E-state index is 12.5. The third-order valence-electron chi connectivity index (χ3n) is 5.15. The van der Waals surface area contributed by atoms with Crippen molar-refractivity contribution in [3.8, 4) is 0 Å². The summed E-state index contributed by atoms with van der Waals surface area (Å²) < 4.78 is 1.90. The number of aryl methyl sites for hydroxylation is 1. The van der Waals surface area contributed by atoms with Crippen LogP contribution >= 0.6 is 0 Å². The smallest absolute Gasteiger partial charge is 0.270 e. The molecular weight excluding hydrogens is 300 g/mol. The second-order valence-electron chi connectivity index (χ2n) is 7.10. The number of hydrogen-bond acceptors (Lipinski definition) is 3. The normalized spacial score (nSPS) is 18.0. The van der Waals surface area contributed by atoms with E-state index in [1.807, 2.05) is 47.2 Å². The average Bonchev–Trinajstić information content (AvgIpc) is 3.25. The van der Waals surface area contributed by atoms with Crippen LogP contribution in [-0.4, -0.2) is 50.9 Å². The van der Waals surface area contributed by atoms with Crippen molar-refractivity contribution >= 4 is 5.91 Å². The monoisotopic (exact) mass is 324 g/mol. The second kappa shape index (κ2) is 6.40. The minimum atomic E-state index is 0.147. The van der Waals surface area contributed by atoms with Crippen molar-refractivity contribution in [2.24, 2.45) is 13.0 Å². The Morgan fingerprint density at radius 1 is 1.25 bits per heavy atom. The van der Waals surface area contributed by atoms with E-state index in [1.54, 1.807) is 0 Å². The molecule has 0 bridgehead atoms. The molecule has 1 aliphatic carbocycles. The molecule has 0 N–H and O–H groups in total. The van der Waals surface area contributed by atoms with Crippen LogP contribution in [0, 0.1) is 5.92 Å². The van der Waals surface area contributed by atoms with Crippen LogP contribution in [0.5, 0.6) is 0 Å². The zero-order valence-electron chi connectivity index (χ0n) is 14.1. The Hall–Kier alpha value is -2.14. The molecular formula is C19H24N4O. The van der Waals surface area contributed by atoms with Gasteiger partial charge in [-0.25, -0.2) is 0 Å². The first-order chi connectivity index (χ1) is 11.7. The summed E-state index contributed by atoms with van der Waals surface area (Å²) in [5.74, 6) is 0.999. The van der Waals surface area contributed by atoms with E-state index >= 15 is 0 Å². The zero-order chi connectivity index (χ0) is 16.5. The maximum absolute atomic E-state index is 12.5. The van der Waals surface area contributed by atoms with Gasteiger partial charge in [-0.2, -0.15) is 0 Å². The number of hydrogen-bond donors (Lipinski definition) is 0. The lowest BCUT2D eigenvalue weighted by Gasteiger charge is -2.45. The Kier molecular flexibility index (Phi) is 4.10. The van der Waals surface area contributed by atoms with E-state index in [9.17, 15) is 4.79 Å². The topological polar surface area (TPSA) is 41.4 Å². The van der Waals surface area contributed by atoms with Gasteiger partial charge in [-0.1, -0.05) is 0 Å². The van der Waals surface area contributed by atoms with Crippen molar-refractivity contribution in [1.29, 1.82) is 0 Å². The van der Waals surface area contributed by atoms with Gasteiger partial charge in [0, 0.05) is 57.9 Å². The predicted molar refractivity (Wildman–Crippen MR) is 92.5 cm³/mol. The van der Waals surface area contributed by atoms with Crippen molar-refractivity contribution in [2.75, 3.05) is 19.6 Å². The third-order valence-corrected chi connectivity index (χ3v) is 5.15. The van der Waals surface area contributed by atoms with Crippen molar-refractivity contribution in [2.45, 2.75) is 25.4 Å². The van der Waals surface area contributed by atoms with Gasteiger partial charge >= 0.3 is 0 Å². The number of rotatable bonds is 6. The van der Waals surface area contributed by atoms with E-state index in [-0.39, 0.29) is 5.91 Å². The van der Waals surface area contributed by atoms with Crippen molar-refractivity contribution in [3.63, 3.8) is 0 Å².